The van der Waals surface area contributed by atoms with E-state index in [0.717, 1.165) is 18.5 Å². The van der Waals surface area contributed by atoms with Crippen LogP contribution in [0, 0.1) is 6.92 Å². The monoisotopic (exact) mass is 387 g/mol. The zero-order valence-corrected chi connectivity index (χ0v) is 15.9. The van der Waals surface area contributed by atoms with Gasteiger partial charge in [0, 0.05) is 37.3 Å². The Hall–Kier alpha value is -1.08. The first-order valence-corrected chi connectivity index (χ1v) is 9.94. The second-order valence-electron chi connectivity index (χ2n) is 6.15. The maximum atomic E-state index is 13.0. The molecule has 0 N–H and O–H groups in total. The van der Waals surface area contributed by atoms with Gasteiger partial charge in [-0.05, 0) is 43.5 Å². The molecule has 0 radical (unpaired) electrons. The lowest BCUT2D eigenvalue weighted by molar-refractivity contribution is 0.312. The molecule has 0 spiro atoms. The molecule has 5 nitrogen and oxygen atoms in total. The van der Waals surface area contributed by atoms with Crippen LogP contribution in [0.15, 0.2) is 29.3 Å². The minimum absolute atomic E-state index is 0.0990. The van der Waals surface area contributed by atoms with E-state index < -0.39 is 10.0 Å². The molecule has 0 saturated carbocycles. The standard InChI is InChI=1S/C16H19Cl2N3O2S/c1-11-8-16(14(18)9-13(11)17)24(22,23)21-6-3-4-12(10-21)15-5-7-20(2)19-15/h5,7-9,12H,3-4,6,10H2,1-2H3. The lowest BCUT2D eigenvalue weighted by atomic mass is 9.96. The van der Waals surface area contributed by atoms with E-state index in [1.165, 1.54) is 10.4 Å². The van der Waals surface area contributed by atoms with E-state index in [1.807, 2.05) is 19.3 Å². The summed E-state index contributed by atoms with van der Waals surface area (Å²) in [4.78, 5) is 0.118. The maximum absolute atomic E-state index is 13.0. The largest absolute Gasteiger partial charge is 0.276 e. The van der Waals surface area contributed by atoms with Gasteiger partial charge in [-0.2, -0.15) is 9.40 Å². The van der Waals surface area contributed by atoms with Crippen molar-refractivity contribution in [2.45, 2.75) is 30.6 Å². The Balaban J connectivity index is 1.91. The van der Waals surface area contributed by atoms with Crippen molar-refractivity contribution in [3.05, 3.63) is 45.7 Å². The second kappa shape index (κ2) is 6.67. The highest BCUT2D eigenvalue weighted by molar-refractivity contribution is 7.89. The SMILES string of the molecule is Cc1cc(S(=O)(=O)N2CCCC(c3ccn(C)n3)C2)c(Cl)cc1Cl. The lowest BCUT2D eigenvalue weighted by Gasteiger charge is -2.31. The second-order valence-corrected chi connectivity index (χ2v) is 8.87. The molecule has 3 rings (SSSR count). The van der Waals surface area contributed by atoms with Crippen molar-refractivity contribution >= 4 is 33.2 Å². The summed E-state index contributed by atoms with van der Waals surface area (Å²) >= 11 is 12.2. The minimum atomic E-state index is -3.66. The van der Waals surface area contributed by atoms with Crippen LogP contribution < -0.4 is 0 Å². The zero-order valence-electron chi connectivity index (χ0n) is 13.5. The Bertz CT molecular complexity index is 864. The molecule has 0 amide bonds. The normalized spacial score (nSPS) is 19.6. The first kappa shape index (κ1) is 17.7. The fraction of sp³-hybridized carbons (Fsp3) is 0.438. The first-order valence-electron chi connectivity index (χ1n) is 7.74. The molecule has 24 heavy (non-hydrogen) atoms. The summed E-state index contributed by atoms with van der Waals surface area (Å²) in [6.45, 7) is 2.67. The van der Waals surface area contributed by atoms with Gasteiger partial charge in [0.25, 0.3) is 0 Å². The minimum Gasteiger partial charge on any atom is -0.276 e. The van der Waals surface area contributed by atoms with Crippen LogP contribution in [0.2, 0.25) is 10.0 Å². The van der Waals surface area contributed by atoms with Crippen molar-refractivity contribution in [1.29, 1.82) is 0 Å². The van der Waals surface area contributed by atoms with Crippen LogP contribution in [0.1, 0.15) is 30.0 Å². The molecule has 1 aromatic heterocycles. The molecule has 1 aliphatic rings. The molecule has 1 fully saturated rings. The van der Waals surface area contributed by atoms with Crippen molar-refractivity contribution in [3.8, 4) is 0 Å². The quantitative estimate of drug-likeness (QED) is 0.807. The number of hydrogen-bond acceptors (Lipinski definition) is 3. The predicted octanol–water partition coefficient (Wildman–Crippen LogP) is 3.60. The summed E-state index contributed by atoms with van der Waals surface area (Å²) in [5, 5.41) is 5.04. The zero-order chi connectivity index (χ0) is 17.5. The maximum Gasteiger partial charge on any atom is 0.244 e. The summed E-state index contributed by atoms with van der Waals surface area (Å²) in [5.41, 5.74) is 1.62. The third kappa shape index (κ3) is 3.33. The Kier molecular flexibility index (Phi) is 4.93. The summed E-state index contributed by atoms with van der Waals surface area (Å²) < 4.78 is 29.3. The third-order valence-electron chi connectivity index (χ3n) is 4.37. The van der Waals surface area contributed by atoms with Gasteiger partial charge in [-0.3, -0.25) is 4.68 Å². The van der Waals surface area contributed by atoms with Gasteiger partial charge in [0.1, 0.15) is 4.90 Å². The van der Waals surface area contributed by atoms with E-state index in [9.17, 15) is 8.42 Å². The fourth-order valence-corrected chi connectivity index (χ4v) is 5.35. The van der Waals surface area contributed by atoms with Gasteiger partial charge in [-0.1, -0.05) is 23.2 Å². The number of nitrogens with zero attached hydrogens (tertiary/aromatic N) is 3. The number of aromatic nitrogens is 2. The smallest absolute Gasteiger partial charge is 0.244 e. The third-order valence-corrected chi connectivity index (χ3v) is 7.10. The molecule has 2 aromatic rings. The summed E-state index contributed by atoms with van der Waals surface area (Å²) in [5.74, 6) is 0.0990. The summed E-state index contributed by atoms with van der Waals surface area (Å²) in [7, 11) is -1.80. The van der Waals surface area contributed by atoms with E-state index in [-0.39, 0.29) is 15.8 Å². The molecule has 1 aliphatic heterocycles. The molecule has 130 valence electrons. The molecule has 0 aliphatic carbocycles. The number of sulfonamides is 1. The molecule has 1 unspecified atom stereocenters. The number of halogens is 2. The van der Waals surface area contributed by atoms with Gasteiger partial charge in [0.15, 0.2) is 0 Å². The van der Waals surface area contributed by atoms with Crippen LogP contribution >= 0.6 is 23.2 Å². The number of hydrogen-bond donors (Lipinski definition) is 0. The highest BCUT2D eigenvalue weighted by Crippen LogP contribution is 2.34. The average Bonchev–Trinajstić information content (AvgIpc) is 2.97. The van der Waals surface area contributed by atoms with Crippen molar-refractivity contribution in [2.75, 3.05) is 13.1 Å². The van der Waals surface area contributed by atoms with Crippen LogP contribution in [-0.2, 0) is 17.1 Å². The lowest BCUT2D eigenvalue weighted by Crippen LogP contribution is -2.39. The Morgan fingerprint density at radius 1 is 1.25 bits per heavy atom. The molecule has 1 saturated heterocycles. The summed E-state index contributed by atoms with van der Waals surface area (Å²) in [6, 6.07) is 4.98. The Labute approximate surface area is 152 Å². The predicted molar refractivity (Wildman–Crippen MR) is 95.1 cm³/mol. The first-order chi connectivity index (χ1) is 11.3. The van der Waals surface area contributed by atoms with Gasteiger partial charge < -0.3 is 0 Å². The van der Waals surface area contributed by atoms with Crippen LogP contribution in [0.5, 0.6) is 0 Å². The highest BCUT2D eigenvalue weighted by Gasteiger charge is 2.33. The van der Waals surface area contributed by atoms with Crippen LogP contribution in [-0.4, -0.2) is 35.6 Å². The number of rotatable bonds is 3. The van der Waals surface area contributed by atoms with E-state index in [4.69, 9.17) is 23.2 Å². The highest BCUT2D eigenvalue weighted by atomic mass is 35.5. The molecule has 1 atom stereocenters. The van der Waals surface area contributed by atoms with E-state index in [2.05, 4.69) is 5.10 Å². The molecule has 2 heterocycles. The van der Waals surface area contributed by atoms with Crippen molar-refractivity contribution < 1.29 is 8.42 Å². The van der Waals surface area contributed by atoms with E-state index in [1.54, 1.807) is 17.7 Å². The van der Waals surface area contributed by atoms with Crippen LogP contribution in [0.4, 0.5) is 0 Å². The van der Waals surface area contributed by atoms with Gasteiger partial charge >= 0.3 is 0 Å². The van der Waals surface area contributed by atoms with Crippen molar-refractivity contribution in [1.82, 2.24) is 14.1 Å². The van der Waals surface area contributed by atoms with E-state index >= 15 is 0 Å². The number of benzene rings is 1. The van der Waals surface area contributed by atoms with Gasteiger partial charge in [-0.25, -0.2) is 8.42 Å². The van der Waals surface area contributed by atoms with Crippen LogP contribution in [0.25, 0.3) is 0 Å². The molecular formula is C16H19Cl2N3O2S. The van der Waals surface area contributed by atoms with E-state index in [0.29, 0.717) is 23.7 Å². The molecule has 0 bridgehead atoms. The van der Waals surface area contributed by atoms with Crippen molar-refractivity contribution in [3.63, 3.8) is 0 Å². The van der Waals surface area contributed by atoms with Gasteiger partial charge in [0.2, 0.25) is 10.0 Å². The molecule has 8 heteroatoms. The summed E-state index contributed by atoms with van der Waals surface area (Å²) in [6.07, 6.45) is 3.60. The topological polar surface area (TPSA) is 55.2 Å². The Morgan fingerprint density at radius 2 is 2.00 bits per heavy atom. The Morgan fingerprint density at radius 3 is 2.67 bits per heavy atom. The number of aryl methyl sites for hydroxylation is 2. The molecule has 1 aromatic carbocycles. The van der Waals surface area contributed by atoms with Gasteiger partial charge in [-0.15, -0.1) is 0 Å². The van der Waals surface area contributed by atoms with Gasteiger partial charge in [0.05, 0.1) is 10.7 Å². The van der Waals surface area contributed by atoms with Crippen LogP contribution in [0.3, 0.4) is 0 Å². The number of piperidine rings is 1. The van der Waals surface area contributed by atoms with Crippen molar-refractivity contribution in [2.24, 2.45) is 7.05 Å². The molecular weight excluding hydrogens is 369 g/mol. The fourth-order valence-electron chi connectivity index (χ4n) is 3.02. The average molecular weight is 388 g/mol.